The Morgan fingerprint density at radius 3 is 2.53 bits per heavy atom. The number of hydrogen-bond donors (Lipinski definition) is 1. The number of nitrogens with zero attached hydrogens (tertiary/aromatic N) is 1. The van der Waals surface area contributed by atoms with Crippen molar-refractivity contribution in [2.75, 3.05) is 25.6 Å². The Morgan fingerprint density at radius 2 is 1.83 bits per heavy atom. The van der Waals surface area contributed by atoms with Crippen molar-refractivity contribution in [2.24, 2.45) is 0 Å². The normalized spacial score (nSPS) is 10.8. The number of carbonyl (C=O) groups excluding carboxylic acids is 1. The maximum atomic E-state index is 12.3. The highest BCUT2D eigenvalue weighted by molar-refractivity contribution is 7.14. The SMILES string of the molecule is CCOc1ccc(-c2csc(NC(=O)/C=C/c3ccc(OCC)c(OC)c3)n2)cc1. The minimum absolute atomic E-state index is 0.254. The smallest absolute Gasteiger partial charge is 0.250 e. The van der Waals surface area contributed by atoms with Crippen molar-refractivity contribution in [1.82, 2.24) is 4.98 Å². The van der Waals surface area contributed by atoms with Gasteiger partial charge in [-0.3, -0.25) is 10.1 Å². The van der Waals surface area contributed by atoms with E-state index in [9.17, 15) is 4.79 Å². The van der Waals surface area contributed by atoms with Gasteiger partial charge < -0.3 is 14.2 Å². The van der Waals surface area contributed by atoms with Crippen LogP contribution in [-0.2, 0) is 4.79 Å². The summed E-state index contributed by atoms with van der Waals surface area (Å²) >= 11 is 1.38. The van der Waals surface area contributed by atoms with Crippen LogP contribution < -0.4 is 19.5 Å². The van der Waals surface area contributed by atoms with Crippen LogP contribution >= 0.6 is 11.3 Å². The average Bonchev–Trinajstić information content (AvgIpc) is 3.22. The lowest BCUT2D eigenvalue weighted by Gasteiger charge is -2.09. The van der Waals surface area contributed by atoms with Gasteiger partial charge in [0.15, 0.2) is 16.6 Å². The standard InChI is InChI=1S/C23H24N2O4S/c1-4-28-18-10-8-17(9-11-18)19-15-30-23(24-19)25-22(26)13-7-16-6-12-20(29-5-2)21(14-16)27-3/h6-15H,4-5H2,1-3H3,(H,24,25,26)/b13-7+. The van der Waals surface area contributed by atoms with Gasteiger partial charge >= 0.3 is 0 Å². The molecule has 0 bridgehead atoms. The molecule has 1 N–H and O–H groups in total. The first-order chi connectivity index (χ1) is 14.6. The predicted octanol–water partition coefficient (Wildman–Crippen LogP) is 5.27. The van der Waals surface area contributed by atoms with Crippen molar-refractivity contribution in [3.05, 3.63) is 59.5 Å². The number of carbonyl (C=O) groups is 1. The summed E-state index contributed by atoms with van der Waals surface area (Å²) in [6.45, 7) is 5.05. The molecule has 7 heteroatoms. The van der Waals surface area contributed by atoms with E-state index < -0.39 is 0 Å². The molecule has 0 saturated carbocycles. The molecule has 3 rings (SSSR count). The second-order valence-corrected chi connectivity index (χ2v) is 7.02. The molecular weight excluding hydrogens is 400 g/mol. The van der Waals surface area contributed by atoms with Gasteiger partial charge in [0, 0.05) is 17.0 Å². The summed E-state index contributed by atoms with van der Waals surface area (Å²) in [5.41, 5.74) is 2.60. The van der Waals surface area contributed by atoms with Crippen LogP contribution in [0.4, 0.5) is 5.13 Å². The molecule has 0 aliphatic heterocycles. The number of nitrogens with one attached hydrogen (secondary N) is 1. The summed E-state index contributed by atoms with van der Waals surface area (Å²) in [5.74, 6) is 1.86. The number of thiazole rings is 1. The quantitative estimate of drug-likeness (QED) is 0.474. The third-order valence-electron chi connectivity index (χ3n) is 4.11. The van der Waals surface area contributed by atoms with E-state index in [0.717, 1.165) is 22.6 Å². The van der Waals surface area contributed by atoms with E-state index in [0.29, 0.717) is 29.8 Å². The zero-order valence-corrected chi connectivity index (χ0v) is 18.0. The van der Waals surface area contributed by atoms with Crippen LogP contribution in [0.5, 0.6) is 17.2 Å². The molecule has 0 atom stereocenters. The molecule has 0 spiro atoms. The largest absolute Gasteiger partial charge is 0.494 e. The van der Waals surface area contributed by atoms with Gasteiger partial charge in [0.05, 0.1) is 26.0 Å². The fraction of sp³-hybridized carbons (Fsp3) is 0.217. The predicted molar refractivity (Wildman–Crippen MR) is 121 cm³/mol. The van der Waals surface area contributed by atoms with Gasteiger partial charge in [-0.15, -0.1) is 11.3 Å². The number of benzene rings is 2. The van der Waals surface area contributed by atoms with Crippen molar-refractivity contribution in [3.8, 4) is 28.5 Å². The highest BCUT2D eigenvalue weighted by atomic mass is 32.1. The molecular formula is C23H24N2O4S. The van der Waals surface area contributed by atoms with E-state index in [4.69, 9.17) is 14.2 Å². The second-order valence-electron chi connectivity index (χ2n) is 6.16. The molecule has 30 heavy (non-hydrogen) atoms. The van der Waals surface area contributed by atoms with E-state index in [-0.39, 0.29) is 5.91 Å². The van der Waals surface area contributed by atoms with Crippen LogP contribution in [-0.4, -0.2) is 31.2 Å². The minimum Gasteiger partial charge on any atom is -0.494 e. The summed E-state index contributed by atoms with van der Waals surface area (Å²) in [4.78, 5) is 16.8. The van der Waals surface area contributed by atoms with E-state index in [2.05, 4.69) is 10.3 Å². The zero-order chi connectivity index (χ0) is 21.3. The van der Waals surface area contributed by atoms with Gasteiger partial charge in [-0.2, -0.15) is 0 Å². The highest BCUT2D eigenvalue weighted by Crippen LogP contribution is 2.29. The van der Waals surface area contributed by atoms with Gasteiger partial charge in [-0.1, -0.05) is 6.07 Å². The lowest BCUT2D eigenvalue weighted by atomic mass is 10.2. The number of amides is 1. The van der Waals surface area contributed by atoms with Crippen LogP contribution in [0.1, 0.15) is 19.4 Å². The van der Waals surface area contributed by atoms with Gasteiger partial charge in [0.1, 0.15) is 5.75 Å². The van der Waals surface area contributed by atoms with E-state index in [1.54, 1.807) is 13.2 Å². The molecule has 0 saturated heterocycles. The maximum Gasteiger partial charge on any atom is 0.250 e. The van der Waals surface area contributed by atoms with E-state index >= 15 is 0 Å². The molecule has 2 aromatic carbocycles. The fourth-order valence-corrected chi connectivity index (χ4v) is 3.46. The van der Waals surface area contributed by atoms with Crippen LogP contribution in [0.3, 0.4) is 0 Å². The summed E-state index contributed by atoms with van der Waals surface area (Å²) in [7, 11) is 1.59. The van der Waals surface area contributed by atoms with Crippen LogP contribution in [0.2, 0.25) is 0 Å². The number of hydrogen-bond acceptors (Lipinski definition) is 6. The molecule has 156 valence electrons. The van der Waals surface area contributed by atoms with Crippen LogP contribution in [0.25, 0.3) is 17.3 Å². The molecule has 3 aromatic rings. The summed E-state index contributed by atoms with van der Waals surface area (Å²) in [6.07, 6.45) is 3.18. The molecule has 0 fully saturated rings. The van der Waals surface area contributed by atoms with Crippen LogP contribution in [0.15, 0.2) is 53.9 Å². The van der Waals surface area contributed by atoms with Gasteiger partial charge in [0.25, 0.3) is 0 Å². The minimum atomic E-state index is -0.254. The maximum absolute atomic E-state index is 12.3. The number of anilines is 1. The van der Waals surface area contributed by atoms with E-state index in [1.165, 1.54) is 17.4 Å². The van der Waals surface area contributed by atoms with Gasteiger partial charge in [-0.05, 0) is 61.9 Å². The van der Waals surface area contributed by atoms with Gasteiger partial charge in [-0.25, -0.2) is 4.98 Å². The lowest BCUT2D eigenvalue weighted by molar-refractivity contribution is -0.111. The lowest BCUT2D eigenvalue weighted by Crippen LogP contribution is -2.07. The zero-order valence-electron chi connectivity index (χ0n) is 17.2. The first kappa shape index (κ1) is 21.4. The molecule has 0 radical (unpaired) electrons. The topological polar surface area (TPSA) is 69.7 Å². The van der Waals surface area contributed by atoms with Crippen molar-refractivity contribution in [1.29, 1.82) is 0 Å². The number of aromatic nitrogens is 1. The van der Waals surface area contributed by atoms with Crippen molar-refractivity contribution in [2.45, 2.75) is 13.8 Å². The first-order valence-corrected chi connectivity index (χ1v) is 10.5. The molecule has 1 heterocycles. The molecule has 1 amide bonds. The Morgan fingerprint density at radius 1 is 1.07 bits per heavy atom. The average molecular weight is 425 g/mol. The van der Waals surface area contributed by atoms with Crippen molar-refractivity contribution in [3.63, 3.8) is 0 Å². The molecule has 1 aromatic heterocycles. The summed E-state index contributed by atoms with van der Waals surface area (Å²) in [6, 6.07) is 13.2. The first-order valence-electron chi connectivity index (χ1n) is 9.61. The second kappa shape index (κ2) is 10.5. The van der Waals surface area contributed by atoms with Crippen LogP contribution in [0, 0.1) is 0 Å². The molecule has 0 unspecified atom stereocenters. The fourth-order valence-electron chi connectivity index (χ4n) is 2.73. The monoisotopic (exact) mass is 424 g/mol. The summed E-state index contributed by atoms with van der Waals surface area (Å²) < 4.78 is 16.3. The van der Waals surface area contributed by atoms with Gasteiger partial charge in [0.2, 0.25) is 5.91 Å². The Labute approximate surface area is 180 Å². The molecule has 6 nitrogen and oxygen atoms in total. The molecule has 0 aliphatic carbocycles. The highest BCUT2D eigenvalue weighted by Gasteiger charge is 2.08. The molecule has 0 aliphatic rings. The Kier molecular flexibility index (Phi) is 7.45. The number of methoxy groups -OCH3 is 1. The summed E-state index contributed by atoms with van der Waals surface area (Å²) in [5, 5.41) is 5.24. The van der Waals surface area contributed by atoms with E-state index in [1.807, 2.05) is 61.7 Å². The Bertz CT molecular complexity index is 1010. The third kappa shape index (κ3) is 5.61. The van der Waals surface area contributed by atoms with Crippen molar-refractivity contribution < 1.29 is 19.0 Å². The Hall–Kier alpha value is -3.32. The third-order valence-corrected chi connectivity index (χ3v) is 4.87. The number of rotatable bonds is 9. The number of ether oxygens (including phenoxy) is 3. The van der Waals surface area contributed by atoms with Crippen molar-refractivity contribution >= 4 is 28.5 Å². The Balaban J connectivity index is 1.62.